The molecule has 1 atom stereocenters. The zero-order valence-electron chi connectivity index (χ0n) is 19.1. The average molecular weight is 498 g/mol. The minimum Gasteiger partial charge on any atom is -0.359 e. The van der Waals surface area contributed by atoms with Crippen LogP contribution in [0.2, 0.25) is 0 Å². The molecular weight excluding hydrogens is 467 g/mol. The van der Waals surface area contributed by atoms with Gasteiger partial charge in [-0.05, 0) is 12.8 Å². The summed E-state index contributed by atoms with van der Waals surface area (Å²) in [5.74, 6) is -8.61. The highest BCUT2D eigenvalue weighted by Crippen LogP contribution is 2.53. The maximum Gasteiger partial charge on any atom is 0.451 e. The number of anilines is 2. The first-order chi connectivity index (χ1) is 15.8. The van der Waals surface area contributed by atoms with Crippen molar-refractivity contribution >= 4 is 11.6 Å². The summed E-state index contributed by atoms with van der Waals surface area (Å²) in [5, 5.41) is 2.89. The van der Waals surface area contributed by atoms with Crippen LogP contribution in [0.3, 0.4) is 0 Å². The third kappa shape index (κ3) is 4.92. The first kappa shape index (κ1) is 25.2. The van der Waals surface area contributed by atoms with E-state index in [0.29, 0.717) is 25.7 Å². The Hall–Kier alpha value is -1.85. The molecule has 5 nitrogen and oxygen atoms in total. The highest BCUT2D eigenvalue weighted by atomic mass is 19.4. The highest BCUT2D eigenvalue weighted by molar-refractivity contribution is 5.52. The van der Waals surface area contributed by atoms with Crippen LogP contribution in [0.15, 0.2) is 6.07 Å². The summed E-state index contributed by atoms with van der Waals surface area (Å²) in [6.07, 6.45) is -2.91. The van der Waals surface area contributed by atoms with Crippen molar-refractivity contribution in [2.24, 2.45) is 11.3 Å². The van der Waals surface area contributed by atoms with Crippen LogP contribution in [0.25, 0.3) is 0 Å². The summed E-state index contributed by atoms with van der Waals surface area (Å²) >= 11 is 0. The van der Waals surface area contributed by atoms with Crippen molar-refractivity contribution in [3.8, 4) is 0 Å². The van der Waals surface area contributed by atoms with Crippen LogP contribution in [0.1, 0.15) is 50.8 Å². The van der Waals surface area contributed by atoms with E-state index in [1.165, 1.54) is 22.9 Å². The molecule has 0 radical (unpaired) electrons. The third-order valence-electron chi connectivity index (χ3n) is 7.56. The Balaban J connectivity index is 1.63. The van der Waals surface area contributed by atoms with Gasteiger partial charge in [-0.3, -0.25) is 0 Å². The molecule has 1 aromatic rings. The molecule has 2 saturated heterocycles. The Morgan fingerprint density at radius 3 is 2.41 bits per heavy atom. The van der Waals surface area contributed by atoms with Crippen molar-refractivity contribution in [2.75, 3.05) is 49.6 Å². The van der Waals surface area contributed by atoms with Gasteiger partial charge in [-0.1, -0.05) is 19.3 Å². The molecule has 0 amide bonds. The van der Waals surface area contributed by atoms with Gasteiger partial charge in [0.1, 0.15) is 11.6 Å². The molecule has 1 N–H and O–H groups in total. The van der Waals surface area contributed by atoms with E-state index in [-0.39, 0.29) is 50.8 Å². The Labute approximate surface area is 194 Å². The van der Waals surface area contributed by atoms with Gasteiger partial charge in [0.2, 0.25) is 5.82 Å². The Morgan fingerprint density at radius 1 is 1.06 bits per heavy atom. The van der Waals surface area contributed by atoms with Crippen molar-refractivity contribution in [1.82, 2.24) is 15.3 Å². The lowest BCUT2D eigenvalue weighted by Gasteiger charge is -2.50. The zero-order chi connectivity index (χ0) is 24.8. The van der Waals surface area contributed by atoms with Crippen molar-refractivity contribution in [1.29, 1.82) is 0 Å². The molecule has 1 saturated carbocycles. The average Bonchev–Trinajstić information content (AvgIpc) is 2.77. The monoisotopic (exact) mass is 497 g/mol. The number of rotatable bonds is 4. The van der Waals surface area contributed by atoms with E-state index in [2.05, 4.69) is 15.3 Å². The highest BCUT2D eigenvalue weighted by Gasteiger charge is 2.56. The second-order valence-corrected chi connectivity index (χ2v) is 9.92. The van der Waals surface area contributed by atoms with Gasteiger partial charge in [0.05, 0.1) is 11.3 Å². The number of nitrogens with zero attached hydrogens (tertiary/aromatic N) is 4. The molecule has 192 valence electrons. The Kier molecular flexibility index (Phi) is 6.67. The molecule has 1 unspecified atom stereocenters. The predicted molar refractivity (Wildman–Crippen MR) is 114 cm³/mol. The first-order valence-corrected chi connectivity index (χ1v) is 11.7. The molecule has 3 aliphatic rings. The lowest BCUT2D eigenvalue weighted by Crippen LogP contribution is -2.56. The van der Waals surface area contributed by atoms with Crippen LogP contribution in [-0.2, 0) is 6.18 Å². The van der Waals surface area contributed by atoms with Gasteiger partial charge < -0.3 is 15.1 Å². The van der Waals surface area contributed by atoms with Crippen molar-refractivity contribution in [2.45, 2.75) is 63.0 Å². The van der Waals surface area contributed by atoms with E-state index >= 15 is 0 Å². The van der Waals surface area contributed by atoms with Crippen LogP contribution >= 0.6 is 0 Å². The van der Waals surface area contributed by atoms with E-state index in [1.54, 1.807) is 0 Å². The molecule has 0 bridgehead atoms. The maximum atomic E-state index is 14.9. The van der Waals surface area contributed by atoms with Crippen molar-refractivity contribution < 1.29 is 30.7 Å². The fourth-order valence-corrected chi connectivity index (χ4v) is 5.46. The molecule has 4 rings (SSSR count). The number of hydrogen-bond acceptors (Lipinski definition) is 5. The maximum absolute atomic E-state index is 14.9. The number of piperidine rings is 2. The van der Waals surface area contributed by atoms with Crippen LogP contribution in [0.5, 0.6) is 0 Å². The Morgan fingerprint density at radius 2 is 1.76 bits per heavy atom. The smallest absolute Gasteiger partial charge is 0.359 e. The molecule has 12 heteroatoms. The van der Waals surface area contributed by atoms with Gasteiger partial charge in [0, 0.05) is 58.7 Å². The van der Waals surface area contributed by atoms with E-state index in [1.807, 2.05) is 0 Å². The molecule has 1 aliphatic carbocycles. The minimum atomic E-state index is -4.87. The summed E-state index contributed by atoms with van der Waals surface area (Å²) in [7, 11) is 1.41. The summed E-state index contributed by atoms with van der Waals surface area (Å²) < 4.78 is 99.3. The lowest BCUT2D eigenvalue weighted by molar-refractivity contribution is -0.150. The molecule has 2 aliphatic heterocycles. The van der Waals surface area contributed by atoms with Gasteiger partial charge >= 0.3 is 6.18 Å². The quantitative estimate of drug-likeness (QED) is 0.595. The SMILES string of the molecule is CN(CC1CNCCC1(F)F)c1cc(N2CCC(F)(F)C3(CCCCC3)C2)nc(C(F)(F)F)n1. The fourth-order valence-electron chi connectivity index (χ4n) is 5.46. The Bertz CT molecular complexity index is 870. The number of halogens is 7. The van der Waals surface area contributed by atoms with E-state index in [4.69, 9.17) is 0 Å². The number of nitrogens with one attached hydrogen (secondary N) is 1. The summed E-state index contributed by atoms with van der Waals surface area (Å²) in [6.45, 7) is -0.246. The van der Waals surface area contributed by atoms with E-state index in [0.717, 1.165) is 6.42 Å². The molecule has 0 aromatic carbocycles. The third-order valence-corrected chi connectivity index (χ3v) is 7.56. The number of alkyl halides is 7. The molecule has 3 fully saturated rings. The van der Waals surface area contributed by atoms with Crippen LogP contribution in [0, 0.1) is 11.3 Å². The zero-order valence-corrected chi connectivity index (χ0v) is 19.1. The van der Waals surface area contributed by atoms with Gasteiger partial charge in [0.25, 0.3) is 11.8 Å². The lowest BCUT2D eigenvalue weighted by atomic mass is 9.66. The second-order valence-electron chi connectivity index (χ2n) is 9.92. The standard InChI is InChI=1S/C22H30F7N5/c1-33(13-15-12-30-9-7-20(15,23)24)16-11-17(32-18(31-16)22(27,28)29)34-10-8-21(25,26)19(14-34)5-3-2-4-6-19/h11,15,30H,2-10,12-14H2,1H3. The summed E-state index contributed by atoms with van der Waals surface area (Å²) in [4.78, 5) is 10.0. The minimum absolute atomic E-state index is 0.0329. The molecule has 1 spiro atoms. The van der Waals surface area contributed by atoms with Crippen LogP contribution < -0.4 is 15.1 Å². The summed E-state index contributed by atoms with van der Waals surface area (Å²) in [6, 6.07) is 1.30. The largest absolute Gasteiger partial charge is 0.451 e. The fraction of sp³-hybridized carbons (Fsp3) is 0.818. The van der Waals surface area contributed by atoms with Gasteiger partial charge in [0.15, 0.2) is 0 Å². The normalized spacial score (nSPS) is 26.5. The molecule has 1 aromatic heterocycles. The summed E-state index contributed by atoms with van der Waals surface area (Å²) in [5.41, 5.74) is -1.30. The van der Waals surface area contributed by atoms with E-state index in [9.17, 15) is 30.7 Å². The van der Waals surface area contributed by atoms with Crippen molar-refractivity contribution in [3.05, 3.63) is 11.9 Å². The topological polar surface area (TPSA) is 44.3 Å². The second kappa shape index (κ2) is 8.98. The first-order valence-electron chi connectivity index (χ1n) is 11.7. The van der Waals surface area contributed by atoms with Crippen LogP contribution in [0.4, 0.5) is 42.4 Å². The van der Waals surface area contributed by atoms with Gasteiger partial charge in [-0.15, -0.1) is 0 Å². The van der Waals surface area contributed by atoms with E-state index < -0.39 is 41.6 Å². The predicted octanol–water partition coefficient (Wildman–Crippen LogP) is 4.97. The molecular formula is C22H30F7N5. The number of hydrogen-bond donors (Lipinski definition) is 1. The molecule has 34 heavy (non-hydrogen) atoms. The van der Waals surface area contributed by atoms with Gasteiger partial charge in [-0.25, -0.2) is 27.5 Å². The van der Waals surface area contributed by atoms with Gasteiger partial charge in [-0.2, -0.15) is 13.2 Å². The van der Waals surface area contributed by atoms with Crippen molar-refractivity contribution in [3.63, 3.8) is 0 Å². The molecule has 3 heterocycles. The van der Waals surface area contributed by atoms with Crippen LogP contribution in [-0.4, -0.2) is 61.6 Å². The number of aromatic nitrogens is 2.